The molecule has 96 valence electrons. The lowest BCUT2D eigenvalue weighted by Crippen LogP contribution is -1.67. The summed E-state index contributed by atoms with van der Waals surface area (Å²) in [5.74, 6) is 0. The molecule has 0 heterocycles. The van der Waals surface area contributed by atoms with Crippen LogP contribution in [0, 0.1) is 0 Å². The van der Waals surface area contributed by atoms with Gasteiger partial charge < -0.3 is 0 Å². The van der Waals surface area contributed by atoms with Crippen molar-refractivity contribution in [1.29, 1.82) is 0 Å². The second-order valence-corrected chi connectivity index (χ2v) is 3.54. The standard InChI is InChI=1S/2C6H10.C5H8/c1-5(2)6(3)4;1-4-6(3)5-2;1-3-5-4-2/h1,3H2,2,4H3;4H,1,3,5H2,2H3;3-5H,1H2,2H3. The maximum atomic E-state index is 3.67. The summed E-state index contributed by atoms with van der Waals surface area (Å²) in [7, 11) is 0. The van der Waals surface area contributed by atoms with Gasteiger partial charge in [0.15, 0.2) is 0 Å². The largest absolute Gasteiger partial charge is 0.0991 e. The third kappa shape index (κ3) is 31.4. The number of hydrogen-bond acceptors (Lipinski definition) is 0. The van der Waals surface area contributed by atoms with Crippen LogP contribution in [0.3, 0.4) is 0 Å². The molecule has 0 saturated heterocycles. The molecule has 0 bridgehead atoms. The highest BCUT2D eigenvalue weighted by atomic mass is 13.8. The summed E-state index contributed by atoms with van der Waals surface area (Å²) in [6.45, 7) is 25.9. The summed E-state index contributed by atoms with van der Waals surface area (Å²) in [5, 5.41) is 0. The highest BCUT2D eigenvalue weighted by Crippen LogP contribution is 1.98. The van der Waals surface area contributed by atoms with Crippen LogP contribution in [0.25, 0.3) is 0 Å². The van der Waals surface area contributed by atoms with E-state index < -0.39 is 0 Å². The highest BCUT2D eigenvalue weighted by Gasteiger charge is 1.77. The Bertz CT molecular complexity index is 260. The van der Waals surface area contributed by atoms with E-state index in [0.29, 0.717) is 0 Å². The van der Waals surface area contributed by atoms with Crippen molar-refractivity contribution in [1.82, 2.24) is 0 Å². The molecule has 0 heteroatoms. The molecular weight excluding hydrogens is 204 g/mol. The lowest BCUT2D eigenvalue weighted by Gasteiger charge is -1.88. The zero-order chi connectivity index (χ0) is 14.3. The third-order valence-corrected chi connectivity index (χ3v) is 1.80. The number of hydrogen-bond donors (Lipinski definition) is 0. The molecule has 0 rings (SSSR count). The van der Waals surface area contributed by atoms with Crippen molar-refractivity contribution < 1.29 is 0 Å². The normalized spacial score (nSPS) is 8.00. The van der Waals surface area contributed by atoms with E-state index >= 15 is 0 Å². The Balaban J connectivity index is -0.000000174. The van der Waals surface area contributed by atoms with Crippen molar-refractivity contribution in [2.24, 2.45) is 0 Å². The van der Waals surface area contributed by atoms with E-state index in [0.717, 1.165) is 23.1 Å². The number of allylic oxidation sites excluding steroid dienone is 7. The molecule has 0 fully saturated rings. The Kier molecular flexibility index (Phi) is 20.6. The SMILES string of the molecule is C=C(C)C(=C)C.C=CC(=C)CC.C=CC=CC. The van der Waals surface area contributed by atoms with Gasteiger partial charge in [0, 0.05) is 0 Å². The van der Waals surface area contributed by atoms with Crippen molar-refractivity contribution in [3.8, 4) is 0 Å². The molecule has 17 heavy (non-hydrogen) atoms. The van der Waals surface area contributed by atoms with Gasteiger partial charge in [0.2, 0.25) is 0 Å². The first-order valence-corrected chi connectivity index (χ1v) is 5.72. The van der Waals surface area contributed by atoms with Gasteiger partial charge in [-0.15, -0.1) is 0 Å². The topological polar surface area (TPSA) is 0 Å². The van der Waals surface area contributed by atoms with E-state index in [2.05, 4.69) is 39.8 Å². The van der Waals surface area contributed by atoms with Crippen molar-refractivity contribution in [3.63, 3.8) is 0 Å². The van der Waals surface area contributed by atoms with Crippen LogP contribution in [-0.2, 0) is 0 Å². The molecule has 0 radical (unpaired) electrons. The lowest BCUT2D eigenvalue weighted by molar-refractivity contribution is 1.16. The predicted molar refractivity (Wildman–Crippen MR) is 84.3 cm³/mol. The minimum absolute atomic E-state index is 1.02. The first-order chi connectivity index (χ1) is 7.87. The van der Waals surface area contributed by atoms with Crippen LogP contribution in [-0.4, -0.2) is 0 Å². The van der Waals surface area contributed by atoms with Crippen LogP contribution >= 0.6 is 0 Å². The fraction of sp³-hybridized carbons (Fsp3) is 0.294. The molecule has 0 spiro atoms. The van der Waals surface area contributed by atoms with Gasteiger partial charge >= 0.3 is 0 Å². The second kappa shape index (κ2) is 16.9. The van der Waals surface area contributed by atoms with Gasteiger partial charge in [-0.05, 0) is 27.2 Å². The van der Waals surface area contributed by atoms with Gasteiger partial charge in [0.25, 0.3) is 0 Å². The molecule has 0 aromatic carbocycles. The summed E-state index contributed by atoms with van der Waals surface area (Å²) in [4.78, 5) is 0. The first kappa shape index (κ1) is 20.8. The highest BCUT2D eigenvalue weighted by molar-refractivity contribution is 5.19. The quantitative estimate of drug-likeness (QED) is 0.519. The zero-order valence-electron chi connectivity index (χ0n) is 12.1. The Labute approximate surface area is 108 Å². The fourth-order valence-electron chi connectivity index (χ4n) is 0.280. The van der Waals surface area contributed by atoms with Gasteiger partial charge in [-0.3, -0.25) is 0 Å². The van der Waals surface area contributed by atoms with Gasteiger partial charge in [-0.25, -0.2) is 0 Å². The van der Waals surface area contributed by atoms with E-state index in [4.69, 9.17) is 0 Å². The third-order valence-electron chi connectivity index (χ3n) is 1.80. The van der Waals surface area contributed by atoms with Crippen molar-refractivity contribution >= 4 is 0 Å². The summed E-state index contributed by atoms with van der Waals surface area (Å²) in [6, 6.07) is 0. The van der Waals surface area contributed by atoms with Gasteiger partial charge in [0.1, 0.15) is 0 Å². The van der Waals surface area contributed by atoms with E-state index in [9.17, 15) is 0 Å². The molecule has 0 aromatic heterocycles. The fourth-order valence-corrected chi connectivity index (χ4v) is 0.280. The molecule has 0 saturated carbocycles. The molecular formula is C17H28. The van der Waals surface area contributed by atoms with E-state index in [1.54, 1.807) is 12.2 Å². The number of rotatable bonds is 4. The van der Waals surface area contributed by atoms with Crippen molar-refractivity contribution in [2.75, 3.05) is 0 Å². The van der Waals surface area contributed by atoms with Crippen LogP contribution in [0.15, 0.2) is 73.9 Å². The average molecular weight is 232 g/mol. The summed E-state index contributed by atoms with van der Waals surface area (Å²) in [6.07, 6.45) is 8.37. The van der Waals surface area contributed by atoms with Crippen molar-refractivity contribution in [3.05, 3.63) is 73.9 Å². The van der Waals surface area contributed by atoms with E-state index in [1.807, 2.05) is 32.9 Å². The minimum atomic E-state index is 1.02. The van der Waals surface area contributed by atoms with E-state index in [-0.39, 0.29) is 0 Å². The minimum Gasteiger partial charge on any atom is -0.0991 e. The van der Waals surface area contributed by atoms with E-state index in [1.165, 1.54) is 0 Å². The van der Waals surface area contributed by atoms with Crippen LogP contribution in [0.4, 0.5) is 0 Å². The maximum absolute atomic E-state index is 3.67. The molecule has 0 aliphatic heterocycles. The Hall–Kier alpha value is -1.56. The smallest absolute Gasteiger partial charge is 0.0314 e. The molecule has 0 nitrogen and oxygen atoms in total. The van der Waals surface area contributed by atoms with Gasteiger partial charge in [-0.1, -0.05) is 80.8 Å². The molecule has 0 aliphatic carbocycles. The Morgan fingerprint density at radius 2 is 1.41 bits per heavy atom. The van der Waals surface area contributed by atoms with Crippen LogP contribution < -0.4 is 0 Å². The summed E-state index contributed by atoms with van der Waals surface area (Å²) >= 11 is 0. The second-order valence-electron chi connectivity index (χ2n) is 3.54. The first-order valence-electron chi connectivity index (χ1n) is 5.72. The molecule has 0 amide bonds. The molecule has 0 aromatic rings. The Morgan fingerprint density at radius 1 is 1.00 bits per heavy atom. The summed E-state index contributed by atoms with van der Waals surface area (Å²) < 4.78 is 0. The summed E-state index contributed by atoms with van der Waals surface area (Å²) in [5.41, 5.74) is 3.24. The molecule has 0 unspecified atom stereocenters. The monoisotopic (exact) mass is 232 g/mol. The average Bonchev–Trinajstić information content (AvgIpc) is 2.30. The van der Waals surface area contributed by atoms with Crippen molar-refractivity contribution in [2.45, 2.75) is 34.1 Å². The predicted octanol–water partition coefficient (Wildman–Crippen LogP) is 6.03. The molecule has 0 atom stereocenters. The lowest BCUT2D eigenvalue weighted by atomic mass is 10.2. The zero-order valence-corrected chi connectivity index (χ0v) is 12.1. The van der Waals surface area contributed by atoms with Gasteiger partial charge in [-0.2, -0.15) is 0 Å². The van der Waals surface area contributed by atoms with Crippen LogP contribution in [0.2, 0.25) is 0 Å². The van der Waals surface area contributed by atoms with Gasteiger partial charge in [0.05, 0.1) is 0 Å². The molecule has 0 N–H and O–H groups in total. The van der Waals surface area contributed by atoms with Crippen LogP contribution in [0.5, 0.6) is 0 Å². The maximum Gasteiger partial charge on any atom is -0.0314 e. The Morgan fingerprint density at radius 3 is 1.41 bits per heavy atom. The molecule has 0 aliphatic rings. The van der Waals surface area contributed by atoms with Crippen LogP contribution in [0.1, 0.15) is 34.1 Å².